The Kier molecular flexibility index (Phi) is 19.5. The Morgan fingerprint density at radius 2 is 0.810 bits per heavy atom. The molecule has 0 amide bonds. The quantitative estimate of drug-likeness (QED) is 0.189. The summed E-state index contributed by atoms with van der Waals surface area (Å²) in [5.41, 5.74) is 0. The summed E-state index contributed by atoms with van der Waals surface area (Å²) in [5.74, 6) is 0. The number of hydrogen-bond donors (Lipinski definition) is 0. The highest BCUT2D eigenvalue weighted by Crippen LogP contribution is 2.13. The zero-order valence-electron chi connectivity index (χ0n) is 14.6. The molecule has 124 valence electrons. The van der Waals surface area contributed by atoms with Gasteiger partial charge in [0.15, 0.2) is 0 Å². The van der Waals surface area contributed by atoms with Gasteiger partial charge in [0, 0.05) is 0 Å². The molecule has 0 saturated carbocycles. The molecule has 0 aliphatic rings. The molecule has 0 aromatic heterocycles. The van der Waals surface area contributed by atoms with Gasteiger partial charge in [0.1, 0.15) is 0 Å². The highest BCUT2D eigenvalue weighted by atomic mass is 14.0. The third-order valence-electron chi connectivity index (χ3n) is 4.20. The average molecular weight is 293 g/mol. The molecule has 0 nitrogen and oxygen atoms in total. The third kappa shape index (κ3) is 19.7. The van der Waals surface area contributed by atoms with Crippen molar-refractivity contribution in [3.8, 4) is 0 Å². The summed E-state index contributed by atoms with van der Waals surface area (Å²) < 4.78 is 0. The van der Waals surface area contributed by atoms with Gasteiger partial charge in [-0.05, 0) is 26.2 Å². The lowest BCUT2D eigenvalue weighted by molar-refractivity contribution is 0.534. The summed E-state index contributed by atoms with van der Waals surface area (Å²) in [4.78, 5) is 0. The zero-order valence-corrected chi connectivity index (χ0v) is 14.6. The number of rotatable bonds is 17. The topological polar surface area (TPSA) is 0 Å². The van der Waals surface area contributed by atoms with Gasteiger partial charge in [0.2, 0.25) is 0 Å². The van der Waals surface area contributed by atoms with Gasteiger partial charge in [-0.2, -0.15) is 0 Å². The summed E-state index contributed by atoms with van der Waals surface area (Å²) in [5, 5.41) is 0. The van der Waals surface area contributed by atoms with E-state index in [-0.39, 0.29) is 0 Å². The molecule has 0 aliphatic heterocycles. The second-order valence-corrected chi connectivity index (χ2v) is 6.35. The van der Waals surface area contributed by atoms with Crippen LogP contribution < -0.4 is 0 Å². The highest BCUT2D eigenvalue weighted by molar-refractivity contribution is 4.81. The predicted molar refractivity (Wildman–Crippen MR) is 98.3 cm³/mol. The van der Waals surface area contributed by atoms with Gasteiger partial charge in [-0.3, -0.25) is 0 Å². The first-order valence-electron chi connectivity index (χ1n) is 9.65. The smallest absolute Gasteiger partial charge is 0.0351 e. The molecule has 0 unspecified atom stereocenters. The van der Waals surface area contributed by atoms with E-state index in [0.717, 1.165) is 12.8 Å². The van der Waals surface area contributed by atoms with Crippen LogP contribution in [-0.2, 0) is 0 Å². The summed E-state index contributed by atoms with van der Waals surface area (Å²) in [6.07, 6.45) is 27.8. The van der Waals surface area contributed by atoms with Crippen LogP contribution in [0.3, 0.4) is 0 Å². The standard InChI is InChI=1S/C21H40/c1-3-5-7-9-11-13-15-17-19-21-20-18-16-14-12-10-8-6-4-2/h5,7H,1-4,6,8-21H2. The van der Waals surface area contributed by atoms with Crippen LogP contribution in [0.1, 0.15) is 109 Å². The van der Waals surface area contributed by atoms with Gasteiger partial charge in [-0.15, -0.1) is 0 Å². The summed E-state index contributed by atoms with van der Waals surface area (Å²) in [7, 11) is 0. The van der Waals surface area contributed by atoms with Crippen LogP contribution in [0.5, 0.6) is 0 Å². The monoisotopic (exact) mass is 292 g/mol. The van der Waals surface area contributed by atoms with Crippen molar-refractivity contribution in [1.29, 1.82) is 0 Å². The predicted octanol–water partition coefficient (Wildman–Crippen LogP) is 7.84. The Labute approximate surface area is 135 Å². The Morgan fingerprint density at radius 1 is 0.429 bits per heavy atom. The lowest BCUT2D eigenvalue weighted by atomic mass is 10.0. The molecule has 0 atom stereocenters. The molecule has 0 bridgehead atoms. The van der Waals surface area contributed by atoms with Crippen LogP contribution >= 0.6 is 0 Å². The largest absolute Gasteiger partial charge is 0.0885 e. The molecular weight excluding hydrogens is 252 g/mol. The van der Waals surface area contributed by atoms with E-state index < -0.39 is 0 Å². The summed E-state index contributed by atoms with van der Waals surface area (Å²) in [6.45, 7) is 7.70. The minimum absolute atomic E-state index is 0.941. The number of hydrogen-bond acceptors (Lipinski definition) is 0. The Hall–Kier alpha value is -0.260. The van der Waals surface area contributed by atoms with Crippen LogP contribution in [0.2, 0.25) is 0 Å². The van der Waals surface area contributed by atoms with Gasteiger partial charge in [-0.1, -0.05) is 109 Å². The van der Waals surface area contributed by atoms with Crippen LogP contribution in [-0.4, -0.2) is 0 Å². The van der Waals surface area contributed by atoms with Gasteiger partial charge in [-0.25, -0.2) is 0 Å². The lowest BCUT2D eigenvalue weighted by Gasteiger charge is -2.03. The second-order valence-electron chi connectivity index (χ2n) is 6.35. The number of allylic oxidation sites excluding steroid dienone is 2. The lowest BCUT2D eigenvalue weighted by Crippen LogP contribution is -1.83. The highest BCUT2D eigenvalue weighted by Gasteiger charge is 1.93. The van der Waals surface area contributed by atoms with Crippen LogP contribution in [0.25, 0.3) is 0 Å². The van der Waals surface area contributed by atoms with Gasteiger partial charge < -0.3 is 0 Å². The maximum Gasteiger partial charge on any atom is -0.0351 e. The minimum Gasteiger partial charge on any atom is -0.0885 e. The van der Waals surface area contributed by atoms with Crippen molar-refractivity contribution in [2.24, 2.45) is 0 Å². The second kappa shape index (κ2) is 19.7. The summed E-state index contributed by atoms with van der Waals surface area (Å²) in [6, 6.07) is 0. The molecule has 0 heteroatoms. The average Bonchev–Trinajstić information content (AvgIpc) is 2.50. The van der Waals surface area contributed by atoms with E-state index in [1.165, 1.54) is 96.3 Å². The van der Waals surface area contributed by atoms with Crippen molar-refractivity contribution >= 4 is 0 Å². The molecule has 0 aromatic carbocycles. The first kappa shape index (κ1) is 20.7. The van der Waals surface area contributed by atoms with Gasteiger partial charge in [0.05, 0.1) is 0 Å². The molecule has 21 heavy (non-hydrogen) atoms. The maximum absolute atomic E-state index is 3.89. The van der Waals surface area contributed by atoms with E-state index in [2.05, 4.69) is 26.0 Å². The first-order chi connectivity index (χ1) is 10.4. The molecule has 2 radical (unpaired) electrons. The molecule has 0 fully saturated rings. The van der Waals surface area contributed by atoms with E-state index in [1.54, 1.807) is 0 Å². The fraction of sp³-hybridized carbons (Fsp3) is 0.810. The fourth-order valence-corrected chi connectivity index (χ4v) is 2.80. The van der Waals surface area contributed by atoms with Crippen molar-refractivity contribution in [2.75, 3.05) is 0 Å². The number of unbranched alkanes of at least 4 members (excludes halogenated alkanes) is 15. The molecule has 0 aliphatic carbocycles. The van der Waals surface area contributed by atoms with Crippen molar-refractivity contribution in [1.82, 2.24) is 0 Å². The summed E-state index contributed by atoms with van der Waals surface area (Å²) >= 11 is 0. The van der Waals surface area contributed by atoms with E-state index in [9.17, 15) is 0 Å². The molecule has 0 N–H and O–H groups in total. The van der Waals surface area contributed by atoms with Crippen LogP contribution in [0.15, 0.2) is 12.2 Å². The Balaban J connectivity index is 2.95. The van der Waals surface area contributed by atoms with Crippen molar-refractivity contribution in [3.63, 3.8) is 0 Å². The molecular formula is C21H40. The molecule has 0 spiro atoms. The third-order valence-corrected chi connectivity index (χ3v) is 4.20. The zero-order chi connectivity index (χ0) is 15.4. The molecule has 0 saturated heterocycles. The van der Waals surface area contributed by atoms with E-state index in [4.69, 9.17) is 0 Å². The Morgan fingerprint density at radius 3 is 1.19 bits per heavy atom. The molecule has 0 rings (SSSR count). The van der Waals surface area contributed by atoms with Crippen LogP contribution in [0.4, 0.5) is 0 Å². The van der Waals surface area contributed by atoms with Crippen LogP contribution in [0, 0.1) is 13.8 Å². The van der Waals surface area contributed by atoms with Gasteiger partial charge >= 0.3 is 0 Å². The minimum atomic E-state index is 0.941. The Bertz CT molecular complexity index is 192. The van der Waals surface area contributed by atoms with Crippen molar-refractivity contribution < 1.29 is 0 Å². The van der Waals surface area contributed by atoms with Crippen molar-refractivity contribution in [3.05, 3.63) is 26.0 Å². The van der Waals surface area contributed by atoms with E-state index >= 15 is 0 Å². The van der Waals surface area contributed by atoms with E-state index in [0.29, 0.717) is 0 Å². The normalized spacial score (nSPS) is 11.5. The van der Waals surface area contributed by atoms with E-state index in [1.807, 2.05) is 0 Å². The first-order valence-corrected chi connectivity index (χ1v) is 9.65. The molecule has 0 aromatic rings. The fourth-order valence-electron chi connectivity index (χ4n) is 2.80. The SMILES string of the molecule is [CH2]CC=CCCCCCCCCCCCCCCCC[CH2]. The molecule has 0 heterocycles. The van der Waals surface area contributed by atoms with Crippen molar-refractivity contribution in [2.45, 2.75) is 109 Å². The maximum atomic E-state index is 3.89. The van der Waals surface area contributed by atoms with Gasteiger partial charge in [0.25, 0.3) is 0 Å².